The Bertz CT molecular complexity index is 485. The highest BCUT2D eigenvalue weighted by atomic mass is 16.5. The zero-order chi connectivity index (χ0) is 13.5. The van der Waals surface area contributed by atoms with Crippen LogP contribution in [0.1, 0.15) is 12.5 Å². The molecule has 0 radical (unpaired) electrons. The molecule has 0 atom stereocenters. The van der Waals surface area contributed by atoms with Gasteiger partial charge in [0, 0.05) is 5.56 Å². The number of hydrogen-bond donors (Lipinski definition) is 3. The van der Waals surface area contributed by atoms with Gasteiger partial charge in [-0.15, -0.1) is 0 Å². The van der Waals surface area contributed by atoms with Gasteiger partial charge in [0.1, 0.15) is 0 Å². The van der Waals surface area contributed by atoms with E-state index >= 15 is 0 Å². The van der Waals surface area contributed by atoms with Gasteiger partial charge in [0.25, 0.3) is 0 Å². The molecule has 0 aliphatic heterocycles. The Hall–Kier alpha value is -2.57. The molecule has 1 aromatic carbocycles. The number of phenolic OH excluding ortho intramolecular Hbond substituents is 1. The summed E-state index contributed by atoms with van der Waals surface area (Å²) in [5.74, 6) is -1.97. The highest BCUT2D eigenvalue weighted by Crippen LogP contribution is 2.28. The Kier molecular flexibility index (Phi) is 4.67. The predicted octanol–water partition coefficient (Wildman–Crippen LogP) is -0.274. The first-order valence-corrected chi connectivity index (χ1v) is 5.13. The van der Waals surface area contributed by atoms with E-state index in [4.69, 9.17) is 10.5 Å². The maximum atomic E-state index is 10.8. The topological polar surface area (TPSA) is 114 Å². The summed E-state index contributed by atoms with van der Waals surface area (Å²) in [6.07, 6.45) is 1.18. The van der Waals surface area contributed by atoms with Gasteiger partial charge < -0.3 is 15.6 Å². The summed E-state index contributed by atoms with van der Waals surface area (Å²) in [5.41, 5.74) is 6.97. The predicted molar refractivity (Wildman–Crippen MR) is 64.2 cm³/mol. The number of phenols is 1. The molecule has 0 unspecified atom stereocenters. The molecule has 0 fully saturated rings. The second-order valence-electron chi connectivity index (χ2n) is 3.19. The summed E-state index contributed by atoms with van der Waals surface area (Å²) < 4.78 is 5.17. The van der Waals surface area contributed by atoms with Gasteiger partial charge in [0.2, 0.25) is 0 Å². The molecule has 7 nitrogen and oxygen atoms in total. The smallest absolute Gasteiger partial charge is 0.329 e. The number of nitrogens with one attached hydrogen (secondary N) is 1. The lowest BCUT2D eigenvalue weighted by molar-refractivity contribution is -0.137. The van der Waals surface area contributed by atoms with Gasteiger partial charge in [0.05, 0.1) is 12.8 Å². The molecule has 4 N–H and O–H groups in total. The van der Waals surface area contributed by atoms with Crippen molar-refractivity contribution in [2.24, 2.45) is 10.8 Å². The number of rotatable bonds is 4. The van der Waals surface area contributed by atoms with E-state index in [1.165, 1.54) is 6.21 Å². The maximum Gasteiger partial charge on any atom is 0.329 e. The molecular weight excluding hydrogens is 238 g/mol. The van der Waals surface area contributed by atoms with Gasteiger partial charge in [-0.2, -0.15) is 5.10 Å². The van der Waals surface area contributed by atoms with Crippen LogP contribution >= 0.6 is 0 Å². The van der Waals surface area contributed by atoms with Crippen molar-refractivity contribution in [3.05, 3.63) is 23.8 Å². The van der Waals surface area contributed by atoms with Gasteiger partial charge in [0.15, 0.2) is 11.5 Å². The summed E-state index contributed by atoms with van der Waals surface area (Å²) >= 11 is 0. The third-order valence-electron chi connectivity index (χ3n) is 1.92. The van der Waals surface area contributed by atoms with Gasteiger partial charge in [-0.3, -0.25) is 9.59 Å². The van der Waals surface area contributed by atoms with Crippen LogP contribution in [0.2, 0.25) is 0 Å². The van der Waals surface area contributed by atoms with Crippen molar-refractivity contribution in [2.45, 2.75) is 6.92 Å². The average Bonchev–Trinajstić information content (AvgIpc) is 2.33. The van der Waals surface area contributed by atoms with E-state index in [2.05, 4.69) is 5.10 Å². The number of carbonyl (C=O) groups excluding carboxylic acids is 2. The molecule has 0 spiro atoms. The summed E-state index contributed by atoms with van der Waals surface area (Å²) in [6.45, 7) is 2.19. The Morgan fingerprint density at radius 2 is 2.28 bits per heavy atom. The largest absolute Gasteiger partial charge is 0.504 e. The monoisotopic (exact) mass is 251 g/mol. The number of nitrogens with zero attached hydrogens (tertiary/aromatic N) is 1. The van der Waals surface area contributed by atoms with E-state index in [1.807, 2.05) is 5.43 Å². The third kappa shape index (κ3) is 3.48. The number of nitrogens with two attached hydrogens (primary N) is 1. The fourth-order valence-electron chi connectivity index (χ4n) is 1.13. The average molecular weight is 251 g/mol. The van der Waals surface area contributed by atoms with Crippen LogP contribution in [0.5, 0.6) is 11.5 Å². The van der Waals surface area contributed by atoms with Crippen molar-refractivity contribution in [2.75, 3.05) is 6.61 Å². The van der Waals surface area contributed by atoms with Crippen molar-refractivity contribution < 1.29 is 19.4 Å². The highest BCUT2D eigenvalue weighted by molar-refractivity contribution is 6.34. The molecule has 0 saturated heterocycles. The first-order valence-electron chi connectivity index (χ1n) is 5.13. The molecule has 0 aromatic heterocycles. The van der Waals surface area contributed by atoms with E-state index in [-0.39, 0.29) is 5.75 Å². The van der Waals surface area contributed by atoms with Gasteiger partial charge in [-0.1, -0.05) is 6.07 Å². The van der Waals surface area contributed by atoms with E-state index in [9.17, 15) is 14.7 Å². The van der Waals surface area contributed by atoms with Crippen LogP contribution in [0.15, 0.2) is 23.3 Å². The van der Waals surface area contributed by atoms with Crippen molar-refractivity contribution in [3.63, 3.8) is 0 Å². The second-order valence-corrected chi connectivity index (χ2v) is 3.19. The fourth-order valence-corrected chi connectivity index (χ4v) is 1.13. The number of ether oxygens (including phenoxy) is 1. The van der Waals surface area contributed by atoms with E-state index in [0.717, 1.165) is 0 Å². The molecule has 18 heavy (non-hydrogen) atoms. The number of hydrogen-bond acceptors (Lipinski definition) is 5. The number of amides is 2. The molecule has 2 amide bonds. The molecule has 0 aliphatic carbocycles. The third-order valence-corrected chi connectivity index (χ3v) is 1.92. The number of primary amides is 1. The molecule has 0 saturated carbocycles. The minimum Gasteiger partial charge on any atom is -0.504 e. The lowest BCUT2D eigenvalue weighted by atomic mass is 10.2. The molecule has 0 aliphatic rings. The normalized spacial score (nSPS) is 10.3. The van der Waals surface area contributed by atoms with Crippen LogP contribution in [0, 0.1) is 0 Å². The standard InChI is InChI=1S/C11H13N3O4/c1-2-18-8-5-3-4-7(9(8)15)6-13-14-11(17)10(12)16/h3-6,15H,2H2,1H3,(H2,12,16)(H,14,17)/b13-6+. The summed E-state index contributed by atoms with van der Waals surface area (Å²) in [6, 6.07) is 4.82. The van der Waals surface area contributed by atoms with Crippen LogP contribution in [-0.2, 0) is 9.59 Å². The fraction of sp³-hybridized carbons (Fsp3) is 0.182. The SMILES string of the molecule is CCOc1cccc(/C=N/NC(=O)C(N)=O)c1O. The van der Waals surface area contributed by atoms with Gasteiger partial charge in [-0.05, 0) is 19.1 Å². The van der Waals surface area contributed by atoms with Crippen molar-refractivity contribution in [1.82, 2.24) is 5.43 Å². The summed E-state index contributed by atoms with van der Waals surface area (Å²) in [4.78, 5) is 21.2. The molecule has 0 heterocycles. The molecule has 7 heteroatoms. The summed E-state index contributed by atoms with van der Waals surface area (Å²) in [7, 11) is 0. The lowest BCUT2D eigenvalue weighted by Gasteiger charge is -2.06. The Balaban J connectivity index is 2.78. The quantitative estimate of drug-likeness (QED) is 0.388. The van der Waals surface area contributed by atoms with Crippen LogP contribution in [-0.4, -0.2) is 29.7 Å². The number of aromatic hydroxyl groups is 1. The number of para-hydroxylation sites is 1. The Labute approximate surface area is 103 Å². The lowest BCUT2D eigenvalue weighted by Crippen LogP contribution is -2.32. The van der Waals surface area contributed by atoms with Crippen LogP contribution in [0.3, 0.4) is 0 Å². The molecular formula is C11H13N3O4. The van der Waals surface area contributed by atoms with Crippen molar-refractivity contribution in [1.29, 1.82) is 0 Å². The number of hydrazone groups is 1. The van der Waals surface area contributed by atoms with E-state index in [0.29, 0.717) is 17.9 Å². The minimum atomic E-state index is -1.14. The molecule has 1 aromatic rings. The maximum absolute atomic E-state index is 10.8. The Morgan fingerprint density at radius 1 is 1.56 bits per heavy atom. The Morgan fingerprint density at radius 3 is 2.89 bits per heavy atom. The second kappa shape index (κ2) is 6.24. The van der Waals surface area contributed by atoms with Crippen LogP contribution in [0.25, 0.3) is 0 Å². The van der Waals surface area contributed by atoms with Crippen LogP contribution in [0.4, 0.5) is 0 Å². The highest BCUT2D eigenvalue weighted by Gasteiger charge is 2.07. The molecule has 0 bridgehead atoms. The van der Waals surface area contributed by atoms with Gasteiger partial charge in [-0.25, -0.2) is 5.43 Å². The van der Waals surface area contributed by atoms with Gasteiger partial charge >= 0.3 is 11.8 Å². The van der Waals surface area contributed by atoms with E-state index in [1.54, 1.807) is 25.1 Å². The summed E-state index contributed by atoms with van der Waals surface area (Å²) in [5, 5.41) is 13.3. The molecule has 96 valence electrons. The zero-order valence-corrected chi connectivity index (χ0v) is 9.71. The first kappa shape index (κ1) is 13.5. The van der Waals surface area contributed by atoms with Crippen LogP contribution < -0.4 is 15.9 Å². The van der Waals surface area contributed by atoms with E-state index < -0.39 is 11.8 Å². The van der Waals surface area contributed by atoms with Crippen molar-refractivity contribution >= 4 is 18.0 Å². The molecule has 1 rings (SSSR count). The number of carbonyl (C=O) groups is 2. The zero-order valence-electron chi connectivity index (χ0n) is 9.71. The number of benzene rings is 1. The van der Waals surface area contributed by atoms with Crippen molar-refractivity contribution in [3.8, 4) is 11.5 Å². The minimum absolute atomic E-state index is 0.101. The first-order chi connectivity index (χ1) is 8.56.